The highest BCUT2D eigenvalue weighted by Crippen LogP contribution is 2.29. The number of rotatable bonds is 3. The molecule has 0 N–H and O–H groups in total. The average Bonchev–Trinajstić information content (AvgIpc) is 2.45. The van der Waals surface area contributed by atoms with Crippen LogP contribution in [-0.4, -0.2) is 22.8 Å². The predicted molar refractivity (Wildman–Crippen MR) is 66.1 cm³/mol. The van der Waals surface area contributed by atoms with Gasteiger partial charge in [0.15, 0.2) is 0 Å². The van der Waals surface area contributed by atoms with E-state index in [-0.39, 0.29) is 0 Å². The monoisotopic (exact) mass is 281 g/mol. The number of aromatic nitrogens is 2. The van der Waals surface area contributed by atoms with Gasteiger partial charge in [-0.3, -0.25) is 9.97 Å². The number of hydrogen-bond acceptors (Lipinski definition) is 4. The topological polar surface area (TPSA) is 47.4 Å². The summed E-state index contributed by atoms with van der Waals surface area (Å²) >= 11 is 0. The van der Waals surface area contributed by atoms with Crippen LogP contribution in [0.25, 0.3) is 0 Å². The molecule has 0 unspecified atom stereocenters. The van der Waals surface area contributed by atoms with Crippen molar-refractivity contribution in [2.45, 2.75) is 6.18 Å². The van der Waals surface area contributed by atoms with Gasteiger partial charge in [-0.25, -0.2) is 0 Å². The lowest BCUT2D eigenvalue weighted by molar-refractivity contribution is -0.137. The molecule has 2 rings (SSSR count). The highest BCUT2D eigenvalue weighted by Gasteiger charge is 2.30. The van der Waals surface area contributed by atoms with Crippen LogP contribution in [0.3, 0.4) is 0 Å². The number of alkyl halides is 3. The van der Waals surface area contributed by atoms with Crippen molar-refractivity contribution in [2.75, 3.05) is 7.11 Å². The van der Waals surface area contributed by atoms with Crippen molar-refractivity contribution in [2.24, 2.45) is 5.16 Å². The first-order valence-electron chi connectivity index (χ1n) is 5.57. The Hall–Kier alpha value is -2.44. The molecule has 2 aromatic rings. The van der Waals surface area contributed by atoms with Gasteiger partial charge in [0.2, 0.25) is 0 Å². The Kier molecular flexibility index (Phi) is 3.97. The minimum Gasteiger partial charge on any atom is -0.399 e. The smallest absolute Gasteiger partial charge is 0.399 e. The van der Waals surface area contributed by atoms with E-state index < -0.39 is 11.7 Å². The largest absolute Gasteiger partial charge is 0.416 e. The Morgan fingerprint density at radius 2 is 1.85 bits per heavy atom. The molecule has 0 saturated carbocycles. The van der Waals surface area contributed by atoms with E-state index in [9.17, 15) is 13.2 Å². The minimum absolute atomic E-state index is 0.314. The van der Waals surface area contributed by atoms with Gasteiger partial charge in [-0.05, 0) is 12.1 Å². The second-order valence-electron chi connectivity index (χ2n) is 3.79. The van der Waals surface area contributed by atoms with Crippen molar-refractivity contribution in [3.05, 3.63) is 59.7 Å². The zero-order chi connectivity index (χ0) is 14.6. The summed E-state index contributed by atoms with van der Waals surface area (Å²) in [6.45, 7) is 0. The van der Waals surface area contributed by atoms with Gasteiger partial charge >= 0.3 is 6.18 Å². The van der Waals surface area contributed by atoms with Crippen molar-refractivity contribution >= 4 is 5.71 Å². The molecule has 1 heterocycles. The maximum absolute atomic E-state index is 12.5. The fourth-order valence-electron chi connectivity index (χ4n) is 1.58. The molecule has 0 saturated heterocycles. The van der Waals surface area contributed by atoms with Crippen molar-refractivity contribution < 1.29 is 18.0 Å². The third kappa shape index (κ3) is 3.11. The molecule has 0 aliphatic carbocycles. The normalized spacial score (nSPS) is 12.3. The number of nitrogens with zero attached hydrogens (tertiary/aromatic N) is 3. The van der Waals surface area contributed by atoms with Gasteiger partial charge in [-0.2, -0.15) is 13.2 Å². The first-order valence-corrected chi connectivity index (χ1v) is 5.57. The Balaban J connectivity index is 2.39. The fraction of sp³-hybridized carbons (Fsp3) is 0.154. The summed E-state index contributed by atoms with van der Waals surface area (Å²) in [5, 5.41) is 3.79. The van der Waals surface area contributed by atoms with Crippen LogP contribution in [0.4, 0.5) is 13.2 Å². The van der Waals surface area contributed by atoms with E-state index in [1.54, 1.807) is 0 Å². The standard InChI is InChI=1S/C13H10F3N3O/c1-20-19-12(11-8-17-6-7-18-11)9-2-4-10(5-3-9)13(14,15)16/h2-8H,1H3/b19-12-. The molecule has 0 radical (unpaired) electrons. The van der Waals surface area contributed by atoms with E-state index in [1.807, 2.05) is 0 Å². The van der Waals surface area contributed by atoms with E-state index in [1.165, 1.54) is 37.8 Å². The maximum atomic E-state index is 12.5. The zero-order valence-corrected chi connectivity index (χ0v) is 10.4. The van der Waals surface area contributed by atoms with Crippen LogP contribution in [0.1, 0.15) is 16.8 Å². The fourth-order valence-corrected chi connectivity index (χ4v) is 1.58. The van der Waals surface area contributed by atoms with Gasteiger partial charge in [-0.15, -0.1) is 0 Å². The number of hydrogen-bond donors (Lipinski definition) is 0. The average molecular weight is 281 g/mol. The molecule has 7 heteroatoms. The molecule has 0 aliphatic rings. The molecule has 0 aliphatic heterocycles. The summed E-state index contributed by atoms with van der Waals surface area (Å²) in [6.07, 6.45) is 0.0322. The van der Waals surface area contributed by atoms with E-state index in [2.05, 4.69) is 15.1 Å². The van der Waals surface area contributed by atoms with Crippen molar-refractivity contribution in [1.29, 1.82) is 0 Å². The number of oxime groups is 1. The molecule has 0 amide bonds. The van der Waals surface area contributed by atoms with E-state index in [0.29, 0.717) is 17.0 Å². The van der Waals surface area contributed by atoms with Gasteiger partial charge in [0.1, 0.15) is 18.5 Å². The third-order valence-corrected chi connectivity index (χ3v) is 2.47. The number of benzene rings is 1. The zero-order valence-electron chi connectivity index (χ0n) is 10.4. The summed E-state index contributed by atoms with van der Waals surface area (Å²) in [5.74, 6) is 0. The quantitative estimate of drug-likeness (QED) is 0.642. The number of halogens is 3. The first kappa shape index (κ1) is 14.0. The van der Waals surface area contributed by atoms with Gasteiger partial charge in [0.05, 0.1) is 11.8 Å². The Labute approximate surface area is 112 Å². The Morgan fingerprint density at radius 1 is 1.15 bits per heavy atom. The van der Waals surface area contributed by atoms with Gasteiger partial charge < -0.3 is 4.84 Å². The highest BCUT2D eigenvalue weighted by atomic mass is 19.4. The van der Waals surface area contributed by atoms with E-state index in [0.717, 1.165) is 12.1 Å². The second kappa shape index (κ2) is 5.68. The molecule has 4 nitrogen and oxygen atoms in total. The summed E-state index contributed by atoms with van der Waals surface area (Å²) in [7, 11) is 1.35. The molecule has 0 atom stereocenters. The Bertz CT molecular complexity index is 595. The lowest BCUT2D eigenvalue weighted by atomic mass is 10.1. The Morgan fingerprint density at radius 3 is 2.35 bits per heavy atom. The van der Waals surface area contributed by atoms with Crippen LogP contribution in [0.15, 0.2) is 48.0 Å². The molecule has 20 heavy (non-hydrogen) atoms. The SMILES string of the molecule is CO/N=C(/c1ccc(C(F)(F)F)cc1)c1cnccn1. The van der Waals surface area contributed by atoms with Crippen molar-refractivity contribution in [3.8, 4) is 0 Å². The molecule has 104 valence electrons. The predicted octanol–water partition coefficient (Wildman–Crippen LogP) is 2.89. The van der Waals surface area contributed by atoms with Crippen LogP contribution >= 0.6 is 0 Å². The summed E-state index contributed by atoms with van der Waals surface area (Å²) in [6, 6.07) is 4.60. The molecule has 1 aromatic heterocycles. The van der Waals surface area contributed by atoms with Crippen LogP contribution in [0.5, 0.6) is 0 Å². The van der Waals surface area contributed by atoms with E-state index >= 15 is 0 Å². The van der Waals surface area contributed by atoms with Crippen molar-refractivity contribution in [3.63, 3.8) is 0 Å². The molecular weight excluding hydrogens is 271 g/mol. The van der Waals surface area contributed by atoms with Gasteiger partial charge in [-0.1, -0.05) is 17.3 Å². The maximum Gasteiger partial charge on any atom is 0.416 e. The summed E-state index contributed by atoms with van der Waals surface area (Å²) < 4.78 is 37.5. The van der Waals surface area contributed by atoms with Crippen LogP contribution < -0.4 is 0 Å². The van der Waals surface area contributed by atoms with Gasteiger partial charge in [0, 0.05) is 18.0 Å². The molecular formula is C13H10F3N3O. The van der Waals surface area contributed by atoms with Crippen LogP contribution in [0.2, 0.25) is 0 Å². The highest BCUT2D eigenvalue weighted by molar-refractivity contribution is 6.11. The first-order chi connectivity index (χ1) is 9.52. The minimum atomic E-state index is -4.37. The molecule has 0 spiro atoms. The third-order valence-electron chi connectivity index (χ3n) is 2.47. The van der Waals surface area contributed by atoms with Crippen LogP contribution in [-0.2, 0) is 11.0 Å². The lowest BCUT2D eigenvalue weighted by Gasteiger charge is -2.08. The molecule has 0 bridgehead atoms. The molecule has 1 aromatic carbocycles. The second-order valence-corrected chi connectivity index (χ2v) is 3.79. The van der Waals surface area contributed by atoms with Gasteiger partial charge in [0.25, 0.3) is 0 Å². The summed E-state index contributed by atoms with van der Waals surface area (Å²) in [5.41, 5.74) is 0.459. The summed E-state index contributed by atoms with van der Waals surface area (Å²) in [4.78, 5) is 12.6. The molecule has 0 fully saturated rings. The van der Waals surface area contributed by atoms with Crippen LogP contribution in [0, 0.1) is 0 Å². The lowest BCUT2D eigenvalue weighted by Crippen LogP contribution is -2.09. The van der Waals surface area contributed by atoms with E-state index in [4.69, 9.17) is 4.84 Å². The van der Waals surface area contributed by atoms with Crippen molar-refractivity contribution in [1.82, 2.24) is 9.97 Å².